The van der Waals surface area contributed by atoms with Gasteiger partial charge in [-0.1, -0.05) is 19.1 Å². The standard InChI is InChI=1S/C13H16N5O/c1-7(14)9-4-3-8(5-10(9)15)11-6-12(19)18(2)13(16)17-11/h3-5,11H,6,15H2,1-2H3,(H2,16,17)/q-1/t11-/m0/s1. The Balaban J connectivity index is 2.36. The highest BCUT2D eigenvalue weighted by molar-refractivity contribution is 6.05. The van der Waals surface area contributed by atoms with E-state index in [0.717, 1.165) is 5.56 Å². The smallest absolute Gasteiger partial charge is 0.231 e. The van der Waals surface area contributed by atoms with Crippen molar-refractivity contribution in [1.29, 1.82) is 0 Å². The number of nitrogen functional groups attached to an aromatic ring is 1. The van der Waals surface area contributed by atoms with Gasteiger partial charge in [0.15, 0.2) is 5.96 Å². The minimum Gasteiger partial charge on any atom is -0.807 e. The Morgan fingerprint density at radius 1 is 1.47 bits per heavy atom. The molecule has 100 valence electrons. The number of carbonyl (C=O) groups excluding carboxylic acids is 1. The van der Waals surface area contributed by atoms with E-state index in [-0.39, 0.29) is 30.0 Å². The molecular weight excluding hydrogens is 242 g/mol. The van der Waals surface area contributed by atoms with Gasteiger partial charge < -0.3 is 16.9 Å². The Morgan fingerprint density at radius 3 is 2.68 bits per heavy atom. The second-order valence-corrected chi connectivity index (χ2v) is 4.59. The Hall–Kier alpha value is -2.37. The van der Waals surface area contributed by atoms with E-state index in [9.17, 15) is 10.2 Å². The summed E-state index contributed by atoms with van der Waals surface area (Å²) in [6.45, 7) is 1.57. The number of benzene rings is 1. The Bertz CT molecular complexity index is 578. The van der Waals surface area contributed by atoms with E-state index >= 15 is 0 Å². The number of hydrogen-bond donors (Lipinski definition) is 2. The zero-order chi connectivity index (χ0) is 14.2. The molecule has 19 heavy (non-hydrogen) atoms. The van der Waals surface area contributed by atoms with Gasteiger partial charge in [0.25, 0.3) is 0 Å². The molecule has 4 N–H and O–H groups in total. The summed E-state index contributed by atoms with van der Waals surface area (Å²) in [4.78, 5) is 17.3. The van der Waals surface area contributed by atoms with Gasteiger partial charge in [0.2, 0.25) is 5.91 Å². The van der Waals surface area contributed by atoms with Crippen LogP contribution in [0.5, 0.6) is 0 Å². The topological polar surface area (TPSA) is 107 Å². The fraction of sp³-hybridized carbons (Fsp3) is 0.308. The maximum absolute atomic E-state index is 11.7. The van der Waals surface area contributed by atoms with E-state index in [1.807, 2.05) is 0 Å². The number of aliphatic imine (C=N–C) groups is 1. The van der Waals surface area contributed by atoms with Gasteiger partial charge in [0.1, 0.15) is 0 Å². The second-order valence-electron chi connectivity index (χ2n) is 4.59. The first-order valence-corrected chi connectivity index (χ1v) is 5.92. The Labute approximate surface area is 111 Å². The molecule has 0 unspecified atom stereocenters. The van der Waals surface area contributed by atoms with Crippen molar-refractivity contribution in [3.05, 3.63) is 34.7 Å². The molecule has 0 radical (unpaired) electrons. The molecule has 0 aliphatic carbocycles. The lowest BCUT2D eigenvalue weighted by Gasteiger charge is -2.26. The van der Waals surface area contributed by atoms with Crippen molar-refractivity contribution in [3.63, 3.8) is 0 Å². The summed E-state index contributed by atoms with van der Waals surface area (Å²) in [5, 5.41) is 9.45. The van der Waals surface area contributed by atoms with Crippen molar-refractivity contribution in [3.8, 4) is 0 Å². The molecule has 6 nitrogen and oxygen atoms in total. The molecule has 2 rings (SSSR count). The third-order valence-corrected chi connectivity index (χ3v) is 3.22. The number of amides is 1. The average Bonchev–Trinajstić information content (AvgIpc) is 2.34. The van der Waals surface area contributed by atoms with E-state index in [2.05, 4.69) is 4.99 Å². The van der Waals surface area contributed by atoms with Crippen molar-refractivity contribution in [2.24, 2.45) is 10.7 Å². The van der Waals surface area contributed by atoms with Crippen molar-refractivity contribution in [1.82, 2.24) is 4.90 Å². The molecule has 1 aromatic rings. The predicted molar refractivity (Wildman–Crippen MR) is 75.7 cm³/mol. The van der Waals surface area contributed by atoms with Crippen LogP contribution < -0.4 is 11.5 Å². The predicted octanol–water partition coefficient (Wildman–Crippen LogP) is 0.865. The first kappa shape index (κ1) is 13.1. The van der Waals surface area contributed by atoms with Gasteiger partial charge in [-0.15, -0.1) is 0 Å². The van der Waals surface area contributed by atoms with Crippen LogP contribution in [0.25, 0.3) is 5.41 Å². The molecule has 1 atom stereocenters. The normalized spacial score (nSPS) is 19.3. The Kier molecular flexibility index (Phi) is 3.25. The number of guanidine groups is 1. The number of anilines is 1. The molecule has 6 heteroatoms. The van der Waals surface area contributed by atoms with Gasteiger partial charge in [-0.25, -0.2) is 4.99 Å². The van der Waals surface area contributed by atoms with Crippen LogP contribution >= 0.6 is 0 Å². The SMILES string of the molecule is CC(=[N-])c1ccc([C@@H]2CC(=O)N(C)C(N)=N2)cc1N. The van der Waals surface area contributed by atoms with E-state index < -0.39 is 0 Å². The monoisotopic (exact) mass is 258 g/mol. The number of hydrogen-bond acceptors (Lipinski definition) is 4. The molecule has 1 amide bonds. The van der Waals surface area contributed by atoms with E-state index in [1.165, 1.54) is 4.90 Å². The van der Waals surface area contributed by atoms with Crippen molar-refractivity contribution in [2.75, 3.05) is 12.8 Å². The van der Waals surface area contributed by atoms with E-state index in [0.29, 0.717) is 11.3 Å². The molecule has 0 aromatic heterocycles. The van der Waals surface area contributed by atoms with Crippen molar-refractivity contribution >= 4 is 23.3 Å². The lowest BCUT2D eigenvalue weighted by molar-refractivity contribution is -0.127. The first-order chi connectivity index (χ1) is 8.90. The summed E-state index contributed by atoms with van der Waals surface area (Å²) < 4.78 is 0. The van der Waals surface area contributed by atoms with Crippen molar-refractivity contribution in [2.45, 2.75) is 19.4 Å². The highest BCUT2D eigenvalue weighted by Gasteiger charge is 2.25. The maximum atomic E-state index is 11.7. The summed E-state index contributed by atoms with van der Waals surface area (Å²) in [6.07, 6.45) is 0.262. The molecule has 0 spiro atoms. The van der Waals surface area contributed by atoms with Crippen LogP contribution in [-0.4, -0.2) is 29.5 Å². The highest BCUT2D eigenvalue weighted by Crippen LogP contribution is 2.28. The molecule has 1 aliphatic heterocycles. The summed E-state index contributed by atoms with van der Waals surface area (Å²) in [6, 6.07) is 4.91. The zero-order valence-electron chi connectivity index (χ0n) is 10.9. The van der Waals surface area contributed by atoms with Gasteiger partial charge in [-0.05, 0) is 17.2 Å². The fourth-order valence-electron chi connectivity index (χ4n) is 2.03. The van der Waals surface area contributed by atoms with Gasteiger partial charge in [-0.2, -0.15) is 5.71 Å². The number of nitrogens with two attached hydrogens (primary N) is 2. The summed E-state index contributed by atoms with van der Waals surface area (Å²) in [5.74, 6) is 0.124. The quantitative estimate of drug-likeness (QED) is 0.606. The molecule has 0 saturated carbocycles. The molecular formula is C13H16N5O-. The molecule has 1 heterocycles. The first-order valence-electron chi connectivity index (χ1n) is 5.92. The van der Waals surface area contributed by atoms with Crippen LogP contribution in [-0.2, 0) is 4.79 Å². The largest absolute Gasteiger partial charge is 0.807 e. The van der Waals surface area contributed by atoms with E-state index in [1.54, 1.807) is 32.2 Å². The molecule has 1 aliphatic rings. The van der Waals surface area contributed by atoms with Crippen LogP contribution in [0, 0.1) is 0 Å². The fourth-order valence-corrected chi connectivity index (χ4v) is 2.03. The highest BCUT2D eigenvalue weighted by atomic mass is 16.2. The third kappa shape index (κ3) is 2.42. The van der Waals surface area contributed by atoms with Crippen LogP contribution in [0.2, 0.25) is 0 Å². The number of carbonyl (C=O) groups is 1. The lowest BCUT2D eigenvalue weighted by Crippen LogP contribution is -2.42. The van der Waals surface area contributed by atoms with Gasteiger partial charge in [0.05, 0.1) is 12.5 Å². The average molecular weight is 258 g/mol. The minimum absolute atomic E-state index is 0.0787. The van der Waals surface area contributed by atoms with Gasteiger partial charge in [0, 0.05) is 12.7 Å². The second kappa shape index (κ2) is 4.72. The van der Waals surface area contributed by atoms with Gasteiger partial charge >= 0.3 is 0 Å². The summed E-state index contributed by atoms with van der Waals surface area (Å²) in [5.41, 5.74) is 13.6. The zero-order valence-corrected chi connectivity index (χ0v) is 10.9. The van der Waals surface area contributed by atoms with Gasteiger partial charge in [-0.3, -0.25) is 9.69 Å². The maximum Gasteiger partial charge on any atom is 0.231 e. The molecule has 1 aromatic carbocycles. The van der Waals surface area contributed by atoms with E-state index in [4.69, 9.17) is 11.5 Å². The minimum atomic E-state index is -0.320. The lowest BCUT2D eigenvalue weighted by atomic mass is 9.98. The third-order valence-electron chi connectivity index (χ3n) is 3.22. The molecule has 0 saturated heterocycles. The van der Waals surface area contributed by atoms with Crippen molar-refractivity contribution < 1.29 is 4.79 Å². The van der Waals surface area contributed by atoms with Crippen LogP contribution in [0.1, 0.15) is 30.5 Å². The van der Waals surface area contributed by atoms with Crippen LogP contribution in [0.3, 0.4) is 0 Å². The summed E-state index contributed by atoms with van der Waals surface area (Å²) >= 11 is 0. The Morgan fingerprint density at radius 2 is 2.16 bits per heavy atom. The summed E-state index contributed by atoms with van der Waals surface area (Å²) in [7, 11) is 1.60. The molecule has 0 bridgehead atoms. The van der Waals surface area contributed by atoms with Crippen LogP contribution in [0.15, 0.2) is 23.2 Å². The number of nitrogens with zero attached hydrogens (tertiary/aromatic N) is 3. The molecule has 0 fully saturated rings. The number of rotatable bonds is 2. The van der Waals surface area contributed by atoms with Crippen LogP contribution in [0.4, 0.5) is 5.69 Å².